The summed E-state index contributed by atoms with van der Waals surface area (Å²) in [5.74, 6) is 1.37. The van der Waals surface area contributed by atoms with Crippen molar-refractivity contribution in [3.05, 3.63) is 30.2 Å². The minimum Gasteiger partial charge on any atom is -0.492 e. The Morgan fingerprint density at radius 1 is 1.11 bits per heavy atom. The first-order valence-electron chi connectivity index (χ1n) is 10.3. The SMILES string of the molecule is O=CCN1CCN(CCOc2ccc3c(C4CCNCC4)ncnc3c2)CC1. The first-order chi connectivity index (χ1) is 13.8. The van der Waals surface area contributed by atoms with Gasteiger partial charge in [-0.15, -0.1) is 0 Å². The van der Waals surface area contributed by atoms with E-state index < -0.39 is 0 Å². The minimum atomic E-state index is 0.511. The van der Waals surface area contributed by atoms with Crippen molar-refractivity contribution in [2.75, 3.05) is 59.0 Å². The average molecular weight is 383 g/mol. The summed E-state index contributed by atoms with van der Waals surface area (Å²) in [7, 11) is 0. The van der Waals surface area contributed by atoms with Crippen LogP contribution in [0, 0.1) is 0 Å². The summed E-state index contributed by atoms with van der Waals surface area (Å²) in [6.45, 7) is 8.09. The predicted octanol–water partition coefficient (Wildman–Crippen LogP) is 1.29. The topological polar surface area (TPSA) is 70.6 Å². The zero-order valence-corrected chi connectivity index (χ0v) is 16.3. The van der Waals surface area contributed by atoms with Gasteiger partial charge in [0, 0.05) is 50.1 Å². The van der Waals surface area contributed by atoms with Crippen LogP contribution in [-0.2, 0) is 4.79 Å². The third-order valence-corrected chi connectivity index (χ3v) is 5.84. The Bertz CT molecular complexity index is 785. The third kappa shape index (κ3) is 4.66. The molecule has 0 aliphatic carbocycles. The Hall–Kier alpha value is -2.09. The van der Waals surface area contributed by atoms with Crippen LogP contribution in [0.2, 0.25) is 0 Å². The molecule has 0 spiro atoms. The standard InChI is InChI=1S/C21H29N5O2/c27-13-11-25-7-9-26(10-8-25)12-14-28-18-1-2-19-20(15-18)23-16-24-21(19)17-3-5-22-6-4-17/h1-2,13,15-17,22H,3-12,14H2. The summed E-state index contributed by atoms with van der Waals surface area (Å²) in [4.78, 5) is 24.2. The number of ether oxygens (including phenoxy) is 1. The highest BCUT2D eigenvalue weighted by Crippen LogP contribution is 2.30. The molecular formula is C21H29N5O2. The lowest BCUT2D eigenvalue weighted by Crippen LogP contribution is -2.47. The molecule has 1 aromatic carbocycles. The summed E-state index contributed by atoms with van der Waals surface area (Å²) < 4.78 is 5.99. The normalized spacial score (nSPS) is 19.7. The quantitative estimate of drug-likeness (QED) is 0.723. The van der Waals surface area contributed by atoms with E-state index in [0.29, 0.717) is 19.1 Å². The van der Waals surface area contributed by atoms with Crippen LogP contribution in [0.4, 0.5) is 0 Å². The van der Waals surface area contributed by atoms with Crippen molar-refractivity contribution in [3.63, 3.8) is 0 Å². The largest absolute Gasteiger partial charge is 0.492 e. The number of hydrogen-bond acceptors (Lipinski definition) is 7. The van der Waals surface area contributed by atoms with Crippen molar-refractivity contribution in [1.29, 1.82) is 0 Å². The van der Waals surface area contributed by atoms with Gasteiger partial charge in [0.25, 0.3) is 0 Å². The van der Waals surface area contributed by atoms with Gasteiger partial charge in [-0.1, -0.05) is 0 Å². The van der Waals surface area contributed by atoms with Crippen LogP contribution in [0.25, 0.3) is 10.9 Å². The second kappa shape index (κ2) is 9.41. The van der Waals surface area contributed by atoms with Crippen molar-refractivity contribution in [2.24, 2.45) is 0 Å². The highest BCUT2D eigenvalue weighted by Gasteiger charge is 2.19. The molecule has 0 amide bonds. The number of benzene rings is 1. The smallest absolute Gasteiger partial charge is 0.133 e. The van der Waals surface area contributed by atoms with Crippen LogP contribution in [0.15, 0.2) is 24.5 Å². The van der Waals surface area contributed by atoms with E-state index in [1.54, 1.807) is 6.33 Å². The molecule has 0 bridgehead atoms. The molecule has 2 aliphatic rings. The monoisotopic (exact) mass is 383 g/mol. The lowest BCUT2D eigenvalue weighted by atomic mass is 9.92. The molecule has 2 fully saturated rings. The molecule has 3 heterocycles. The number of hydrogen-bond donors (Lipinski definition) is 1. The summed E-state index contributed by atoms with van der Waals surface area (Å²) in [5, 5.41) is 4.56. The molecule has 0 atom stereocenters. The third-order valence-electron chi connectivity index (χ3n) is 5.84. The molecule has 0 radical (unpaired) electrons. The number of aromatic nitrogens is 2. The van der Waals surface area contributed by atoms with Gasteiger partial charge in [0.05, 0.1) is 17.8 Å². The van der Waals surface area contributed by atoms with Crippen LogP contribution in [0.5, 0.6) is 5.75 Å². The van der Waals surface area contributed by atoms with Crippen molar-refractivity contribution in [2.45, 2.75) is 18.8 Å². The molecule has 28 heavy (non-hydrogen) atoms. The summed E-state index contributed by atoms with van der Waals surface area (Å²) >= 11 is 0. The Morgan fingerprint density at radius 2 is 1.89 bits per heavy atom. The summed E-state index contributed by atoms with van der Waals surface area (Å²) in [6.07, 6.45) is 4.93. The van der Waals surface area contributed by atoms with E-state index in [1.807, 2.05) is 12.1 Å². The molecule has 2 saturated heterocycles. The molecule has 1 aromatic heterocycles. The maximum Gasteiger partial charge on any atom is 0.133 e. The van der Waals surface area contributed by atoms with Crippen molar-refractivity contribution in [1.82, 2.24) is 25.1 Å². The fraction of sp³-hybridized carbons (Fsp3) is 0.571. The van der Waals surface area contributed by atoms with E-state index in [9.17, 15) is 4.79 Å². The summed E-state index contributed by atoms with van der Waals surface area (Å²) in [6, 6.07) is 6.18. The second-order valence-electron chi connectivity index (χ2n) is 7.62. The van der Waals surface area contributed by atoms with Gasteiger partial charge in [0.2, 0.25) is 0 Å². The molecule has 2 aliphatic heterocycles. The Kier molecular flexibility index (Phi) is 6.46. The van der Waals surface area contributed by atoms with Crippen LogP contribution in [0.1, 0.15) is 24.5 Å². The van der Waals surface area contributed by atoms with Gasteiger partial charge in [-0.05, 0) is 38.1 Å². The first-order valence-corrected chi connectivity index (χ1v) is 10.3. The molecular weight excluding hydrogens is 354 g/mol. The van der Waals surface area contributed by atoms with E-state index in [-0.39, 0.29) is 0 Å². The van der Waals surface area contributed by atoms with Gasteiger partial charge in [-0.2, -0.15) is 0 Å². The minimum absolute atomic E-state index is 0.511. The highest BCUT2D eigenvalue weighted by atomic mass is 16.5. The molecule has 7 nitrogen and oxygen atoms in total. The van der Waals surface area contributed by atoms with Crippen LogP contribution >= 0.6 is 0 Å². The zero-order chi connectivity index (χ0) is 19.2. The predicted molar refractivity (Wildman–Crippen MR) is 109 cm³/mol. The van der Waals surface area contributed by atoms with E-state index in [2.05, 4.69) is 31.2 Å². The number of nitrogens with one attached hydrogen (secondary N) is 1. The number of carbonyl (C=O) groups excluding carboxylic acids is 1. The van der Waals surface area contributed by atoms with E-state index in [0.717, 1.165) is 81.6 Å². The summed E-state index contributed by atoms with van der Waals surface area (Å²) in [5.41, 5.74) is 2.13. The molecule has 0 saturated carbocycles. The Labute approximate surface area is 166 Å². The number of rotatable bonds is 7. The molecule has 0 unspecified atom stereocenters. The molecule has 7 heteroatoms. The zero-order valence-electron chi connectivity index (χ0n) is 16.3. The second-order valence-corrected chi connectivity index (χ2v) is 7.62. The molecule has 150 valence electrons. The highest BCUT2D eigenvalue weighted by molar-refractivity contribution is 5.82. The van der Waals surface area contributed by atoms with Gasteiger partial charge in [-0.25, -0.2) is 9.97 Å². The molecule has 2 aromatic rings. The van der Waals surface area contributed by atoms with Crippen LogP contribution < -0.4 is 10.1 Å². The first kappa shape index (κ1) is 19.2. The number of fused-ring (bicyclic) bond motifs is 1. The van der Waals surface area contributed by atoms with Gasteiger partial charge < -0.3 is 14.8 Å². The maximum atomic E-state index is 10.6. The van der Waals surface area contributed by atoms with E-state index >= 15 is 0 Å². The van der Waals surface area contributed by atoms with Gasteiger partial charge in [0.15, 0.2) is 0 Å². The molecule has 4 rings (SSSR count). The van der Waals surface area contributed by atoms with E-state index in [4.69, 9.17) is 4.74 Å². The number of piperidine rings is 1. The van der Waals surface area contributed by atoms with Crippen molar-refractivity contribution < 1.29 is 9.53 Å². The lowest BCUT2D eigenvalue weighted by Gasteiger charge is -2.33. The van der Waals surface area contributed by atoms with Crippen LogP contribution in [0.3, 0.4) is 0 Å². The fourth-order valence-corrected chi connectivity index (χ4v) is 4.16. The fourth-order valence-electron chi connectivity index (χ4n) is 4.16. The van der Waals surface area contributed by atoms with Crippen LogP contribution in [-0.4, -0.2) is 85.0 Å². The maximum absolute atomic E-state index is 10.6. The van der Waals surface area contributed by atoms with E-state index in [1.165, 1.54) is 5.69 Å². The number of nitrogens with zero attached hydrogens (tertiary/aromatic N) is 4. The average Bonchev–Trinajstić information content (AvgIpc) is 2.75. The van der Waals surface area contributed by atoms with Crippen molar-refractivity contribution >= 4 is 17.2 Å². The van der Waals surface area contributed by atoms with Gasteiger partial charge in [-0.3, -0.25) is 9.80 Å². The number of piperazine rings is 1. The lowest BCUT2D eigenvalue weighted by molar-refractivity contribution is -0.109. The van der Waals surface area contributed by atoms with Crippen molar-refractivity contribution in [3.8, 4) is 5.75 Å². The number of aldehydes is 1. The number of carbonyl (C=O) groups is 1. The molecule has 1 N–H and O–H groups in total. The van der Waals surface area contributed by atoms with Gasteiger partial charge in [0.1, 0.15) is 25.0 Å². The Balaban J connectivity index is 1.33. The Morgan fingerprint density at radius 3 is 2.68 bits per heavy atom. The van der Waals surface area contributed by atoms with Gasteiger partial charge >= 0.3 is 0 Å².